The van der Waals surface area contributed by atoms with Gasteiger partial charge >= 0.3 is 0 Å². The van der Waals surface area contributed by atoms with E-state index < -0.39 is 5.60 Å². The molecular weight excluding hydrogens is 106 g/mol. The van der Waals surface area contributed by atoms with Gasteiger partial charge in [-0.05, 0) is 19.9 Å². The maximum absolute atomic E-state index is 8.99. The Balaban J connectivity index is 3.37. The van der Waals surface area contributed by atoms with Crippen molar-refractivity contribution in [3.8, 4) is 0 Å². The van der Waals surface area contributed by atoms with Crippen molar-refractivity contribution in [1.82, 2.24) is 0 Å². The van der Waals surface area contributed by atoms with Gasteiger partial charge in [-0.15, -0.1) is 0 Å². The summed E-state index contributed by atoms with van der Waals surface area (Å²) in [5.41, 5.74) is 4.14. The van der Waals surface area contributed by atoms with Crippen molar-refractivity contribution < 1.29 is 10.2 Å². The highest BCUT2D eigenvalue weighted by Crippen LogP contribution is 2.04. The molecule has 0 aliphatic carbocycles. The van der Waals surface area contributed by atoms with Crippen LogP contribution in [0.25, 0.3) is 0 Å². The van der Waals surface area contributed by atoms with E-state index in [9.17, 15) is 0 Å². The highest BCUT2D eigenvalue weighted by molar-refractivity contribution is 4.70. The van der Waals surface area contributed by atoms with E-state index in [1.165, 1.54) is 0 Å². The van der Waals surface area contributed by atoms with E-state index in [-0.39, 0.29) is 6.61 Å². The molecule has 0 spiro atoms. The van der Waals surface area contributed by atoms with Crippen LogP contribution in [-0.4, -0.2) is 29.0 Å². The minimum Gasteiger partial charge on any atom is -0.393 e. The fourth-order valence-corrected chi connectivity index (χ4v) is 0.390. The molecule has 3 nitrogen and oxygen atoms in total. The Morgan fingerprint density at radius 1 is 1.62 bits per heavy atom. The molecule has 0 aliphatic rings. The fourth-order valence-electron chi connectivity index (χ4n) is 0.390. The fraction of sp³-hybridized carbons (Fsp3) is 1.00. The van der Waals surface area contributed by atoms with E-state index in [2.05, 4.69) is 0 Å². The van der Waals surface area contributed by atoms with Gasteiger partial charge in [-0.2, -0.15) is 0 Å². The van der Waals surface area contributed by atoms with Crippen LogP contribution in [0, 0.1) is 0 Å². The standard InChI is InChI=1S/C5H13NO2/c1-5(8,4-7)2-3-6/h7-8H,2-4,6H2,1H3. The van der Waals surface area contributed by atoms with Crippen LogP contribution < -0.4 is 5.73 Å². The van der Waals surface area contributed by atoms with Crippen molar-refractivity contribution in [2.75, 3.05) is 13.2 Å². The van der Waals surface area contributed by atoms with E-state index in [0.717, 1.165) is 0 Å². The second-order valence-electron chi connectivity index (χ2n) is 2.19. The van der Waals surface area contributed by atoms with Crippen LogP contribution in [-0.2, 0) is 0 Å². The van der Waals surface area contributed by atoms with Crippen molar-refractivity contribution in [3.05, 3.63) is 0 Å². The molecular formula is C5H13NO2. The van der Waals surface area contributed by atoms with Gasteiger partial charge in [-0.25, -0.2) is 0 Å². The summed E-state index contributed by atoms with van der Waals surface area (Å²) in [5.74, 6) is 0. The van der Waals surface area contributed by atoms with E-state index in [1.54, 1.807) is 6.92 Å². The van der Waals surface area contributed by atoms with Crippen LogP contribution in [0.3, 0.4) is 0 Å². The van der Waals surface area contributed by atoms with Gasteiger partial charge in [0.05, 0.1) is 12.2 Å². The third-order valence-electron chi connectivity index (χ3n) is 1.02. The molecule has 1 atom stereocenters. The van der Waals surface area contributed by atoms with Crippen LogP contribution in [0.1, 0.15) is 13.3 Å². The van der Waals surface area contributed by atoms with Crippen LogP contribution in [0.5, 0.6) is 0 Å². The molecule has 0 bridgehead atoms. The molecule has 0 amide bonds. The first-order valence-corrected chi connectivity index (χ1v) is 2.66. The summed E-state index contributed by atoms with van der Waals surface area (Å²) in [5, 5.41) is 17.4. The molecule has 0 fully saturated rings. The Morgan fingerprint density at radius 2 is 2.12 bits per heavy atom. The van der Waals surface area contributed by atoms with Gasteiger partial charge in [0.15, 0.2) is 0 Å². The summed E-state index contributed by atoms with van der Waals surface area (Å²) in [6.45, 7) is 1.75. The highest BCUT2D eigenvalue weighted by atomic mass is 16.3. The molecule has 0 heterocycles. The lowest BCUT2D eigenvalue weighted by Crippen LogP contribution is -2.31. The van der Waals surface area contributed by atoms with Gasteiger partial charge in [0.25, 0.3) is 0 Å². The molecule has 0 aromatic rings. The summed E-state index contributed by atoms with van der Waals surface area (Å²) >= 11 is 0. The molecule has 0 rings (SSSR count). The van der Waals surface area contributed by atoms with Gasteiger partial charge in [0.1, 0.15) is 0 Å². The van der Waals surface area contributed by atoms with E-state index in [0.29, 0.717) is 13.0 Å². The van der Waals surface area contributed by atoms with Crippen molar-refractivity contribution in [1.29, 1.82) is 0 Å². The van der Waals surface area contributed by atoms with Gasteiger partial charge in [-0.1, -0.05) is 0 Å². The number of rotatable bonds is 3. The average molecular weight is 119 g/mol. The molecule has 3 heteroatoms. The highest BCUT2D eigenvalue weighted by Gasteiger charge is 2.16. The third-order valence-corrected chi connectivity index (χ3v) is 1.02. The van der Waals surface area contributed by atoms with Crippen LogP contribution in [0.2, 0.25) is 0 Å². The zero-order valence-corrected chi connectivity index (χ0v) is 5.09. The van der Waals surface area contributed by atoms with E-state index in [1.807, 2.05) is 0 Å². The lowest BCUT2D eigenvalue weighted by atomic mass is 10.1. The van der Waals surface area contributed by atoms with Gasteiger partial charge in [0, 0.05) is 0 Å². The SMILES string of the molecule is CC(O)(CO)CCN. The quantitative estimate of drug-likeness (QED) is 0.450. The zero-order valence-electron chi connectivity index (χ0n) is 5.09. The Hall–Kier alpha value is -0.120. The summed E-state index contributed by atoms with van der Waals surface area (Å²) in [6.07, 6.45) is 0.448. The van der Waals surface area contributed by atoms with Gasteiger partial charge in [-0.3, -0.25) is 0 Å². The minimum absolute atomic E-state index is 0.218. The lowest BCUT2D eigenvalue weighted by molar-refractivity contribution is -0.00296. The van der Waals surface area contributed by atoms with Crippen LogP contribution in [0.15, 0.2) is 0 Å². The topological polar surface area (TPSA) is 66.5 Å². The average Bonchev–Trinajstić information content (AvgIpc) is 1.67. The molecule has 1 unspecified atom stereocenters. The summed E-state index contributed by atoms with van der Waals surface area (Å²) < 4.78 is 0. The van der Waals surface area contributed by atoms with Crippen LogP contribution >= 0.6 is 0 Å². The lowest BCUT2D eigenvalue weighted by Gasteiger charge is -2.17. The molecule has 0 aromatic carbocycles. The molecule has 50 valence electrons. The van der Waals surface area contributed by atoms with E-state index in [4.69, 9.17) is 15.9 Å². The number of aliphatic hydroxyl groups is 2. The minimum atomic E-state index is -0.977. The Labute approximate surface area is 49.1 Å². The number of hydrogen-bond donors (Lipinski definition) is 3. The smallest absolute Gasteiger partial charge is 0.0861 e. The third kappa shape index (κ3) is 2.96. The van der Waals surface area contributed by atoms with Crippen molar-refractivity contribution in [2.45, 2.75) is 18.9 Å². The number of aliphatic hydroxyl groups excluding tert-OH is 1. The number of hydrogen-bond acceptors (Lipinski definition) is 3. The van der Waals surface area contributed by atoms with Crippen molar-refractivity contribution in [2.24, 2.45) is 5.73 Å². The largest absolute Gasteiger partial charge is 0.393 e. The zero-order chi connectivity index (χ0) is 6.62. The maximum atomic E-state index is 8.99. The summed E-state index contributed by atoms with van der Waals surface area (Å²) in [4.78, 5) is 0. The first-order chi connectivity index (χ1) is 3.62. The first kappa shape index (κ1) is 7.88. The second kappa shape index (κ2) is 3.02. The predicted octanol–water partition coefficient (Wildman–Crippen LogP) is -0.922. The van der Waals surface area contributed by atoms with Gasteiger partial charge < -0.3 is 15.9 Å². The Morgan fingerprint density at radius 3 is 2.25 bits per heavy atom. The first-order valence-electron chi connectivity index (χ1n) is 2.66. The number of nitrogens with two attached hydrogens (primary N) is 1. The Kier molecular flexibility index (Phi) is 2.97. The Bertz CT molecular complexity index is 63.4. The van der Waals surface area contributed by atoms with E-state index >= 15 is 0 Å². The molecule has 0 radical (unpaired) electrons. The van der Waals surface area contributed by atoms with Gasteiger partial charge in [0.2, 0.25) is 0 Å². The van der Waals surface area contributed by atoms with Crippen molar-refractivity contribution in [3.63, 3.8) is 0 Å². The molecule has 0 aliphatic heterocycles. The molecule has 0 saturated carbocycles. The molecule has 8 heavy (non-hydrogen) atoms. The predicted molar refractivity (Wildman–Crippen MR) is 31.4 cm³/mol. The molecule has 0 aromatic heterocycles. The van der Waals surface area contributed by atoms with Crippen LogP contribution in [0.4, 0.5) is 0 Å². The monoisotopic (exact) mass is 119 g/mol. The van der Waals surface area contributed by atoms with Crippen molar-refractivity contribution >= 4 is 0 Å². The summed E-state index contributed by atoms with van der Waals surface area (Å²) in [6, 6.07) is 0. The second-order valence-corrected chi connectivity index (χ2v) is 2.19. The normalized spacial score (nSPS) is 18.0. The molecule has 0 saturated heterocycles. The molecule has 4 N–H and O–H groups in total. The maximum Gasteiger partial charge on any atom is 0.0861 e. The summed E-state index contributed by atoms with van der Waals surface area (Å²) in [7, 11) is 0.